The lowest BCUT2D eigenvalue weighted by molar-refractivity contribution is -0.118. The number of carbonyl (C=O) groups excluding carboxylic acids is 1. The van der Waals surface area contributed by atoms with E-state index in [0.29, 0.717) is 0 Å². The Morgan fingerprint density at radius 1 is 1.36 bits per heavy atom. The molecule has 1 amide bonds. The smallest absolute Gasteiger partial charge is 0.272 e. The zero-order valence-electron chi connectivity index (χ0n) is 11.0. The van der Waals surface area contributed by atoms with Gasteiger partial charge >= 0.3 is 5.69 Å². The molecule has 0 unspecified atom stereocenters. The lowest BCUT2D eigenvalue weighted by Gasteiger charge is -1.99. The van der Waals surface area contributed by atoms with Crippen LogP contribution < -0.4 is 16.7 Å². The lowest BCUT2D eigenvalue weighted by atomic mass is 10.2. The number of benzene rings is 1. The molecule has 0 saturated carbocycles. The molecule has 0 atom stereocenters. The molecular weight excluding hydrogens is 374 g/mol. The van der Waals surface area contributed by atoms with E-state index in [9.17, 15) is 14.4 Å². The highest BCUT2D eigenvalue weighted by atomic mass is 79.9. The van der Waals surface area contributed by atoms with E-state index in [1.807, 2.05) is 29.2 Å². The zero-order valence-corrected chi connectivity index (χ0v) is 13.4. The van der Waals surface area contributed by atoms with Gasteiger partial charge in [-0.3, -0.25) is 14.6 Å². The molecule has 0 bridgehead atoms. The Hall–Kier alpha value is -2.20. The Bertz CT molecular complexity index is 799. The number of aromatic nitrogens is 3. The van der Waals surface area contributed by atoms with Gasteiger partial charge in [0.05, 0.1) is 12.0 Å². The van der Waals surface area contributed by atoms with Gasteiger partial charge in [0, 0.05) is 4.47 Å². The first-order chi connectivity index (χ1) is 10.5. The number of amides is 1. The van der Waals surface area contributed by atoms with E-state index in [0.717, 1.165) is 21.8 Å². The number of halogens is 1. The molecule has 3 N–H and O–H groups in total. The molecule has 0 spiro atoms. The van der Waals surface area contributed by atoms with Crippen LogP contribution in [0.1, 0.15) is 5.56 Å². The maximum Gasteiger partial charge on any atom is 0.342 e. The molecule has 22 heavy (non-hydrogen) atoms. The highest BCUT2D eigenvalue weighted by molar-refractivity contribution is 9.10. The van der Waals surface area contributed by atoms with Crippen molar-refractivity contribution in [3.63, 3.8) is 0 Å². The Balaban J connectivity index is 1.84. The number of aromatic amines is 2. The zero-order chi connectivity index (χ0) is 15.9. The number of carbonyl (C=O) groups is 1. The fourth-order valence-electron chi connectivity index (χ4n) is 1.33. The first kappa shape index (κ1) is 16.2. The van der Waals surface area contributed by atoms with Crippen LogP contribution in [0.25, 0.3) is 0 Å². The Labute approximate surface area is 136 Å². The second-order valence-corrected chi connectivity index (χ2v) is 5.83. The van der Waals surface area contributed by atoms with Crippen LogP contribution in [-0.2, 0) is 4.79 Å². The summed E-state index contributed by atoms with van der Waals surface area (Å²) in [5, 5.41) is 9.44. The van der Waals surface area contributed by atoms with Crippen molar-refractivity contribution in [3.8, 4) is 0 Å². The standard InChI is InChI=1S/C12H10BrN5O3S/c13-8-3-1-7(2-4-8)5-14-16-9(19)6-22-11-10(20)15-12(21)18-17-11/h1-5H,6H2,(H,16,19)(H2,15,18,20,21)/b14-5+. The highest BCUT2D eigenvalue weighted by Crippen LogP contribution is 2.09. The molecule has 0 aliphatic rings. The van der Waals surface area contributed by atoms with Crippen molar-refractivity contribution in [1.29, 1.82) is 0 Å². The predicted octanol–water partition coefficient (Wildman–Crippen LogP) is 0.463. The number of hydrogen-bond acceptors (Lipinski definition) is 6. The monoisotopic (exact) mass is 383 g/mol. The molecule has 0 saturated heterocycles. The van der Waals surface area contributed by atoms with Crippen molar-refractivity contribution in [2.45, 2.75) is 5.03 Å². The second-order valence-electron chi connectivity index (χ2n) is 3.95. The second kappa shape index (κ2) is 7.71. The minimum atomic E-state index is -0.696. The van der Waals surface area contributed by atoms with E-state index < -0.39 is 17.2 Å². The van der Waals surface area contributed by atoms with Crippen molar-refractivity contribution >= 4 is 39.8 Å². The van der Waals surface area contributed by atoms with Crippen LogP contribution in [0, 0.1) is 0 Å². The normalized spacial score (nSPS) is 10.8. The Kier molecular flexibility index (Phi) is 5.67. The molecule has 0 radical (unpaired) electrons. The summed E-state index contributed by atoms with van der Waals surface area (Å²) in [7, 11) is 0. The van der Waals surface area contributed by atoms with Crippen LogP contribution in [-0.4, -0.2) is 33.1 Å². The van der Waals surface area contributed by atoms with Crippen molar-refractivity contribution in [2.75, 3.05) is 5.75 Å². The van der Waals surface area contributed by atoms with Gasteiger partial charge in [-0.25, -0.2) is 15.3 Å². The average Bonchev–Trinajstić information content (AvgIpc) is 2.48. The summed E-state index contributed by atoms with van der Waals surface area (Å²) in [6.45, 7) is 0. The summed E-state index contributed by atoms with van der Waals surface area (Å²) in [5.41, 5.74) is 1.83. The lowest BCUT2D eigenvalue weighted by Crippen LogP contribution is -2.26. The largest absolute Gasteiger partial charge is 0.342 e. The van der Waals surface area contributed by atoms with Gasteiger partial charge in [0.1, 0.15) is 0 Å². The van der Waals surface area contributed by atoms with Crippen LogP contribution in [0.2, 0.25) is 0 Å². The molecule has 0 aliphatic carbocycles. The number of nitrogens with one attached hydrogen (secondary N) is 3. The summed E-state index contributed by atoms with van der Waals surface area (Å²) in [5.74, 6) is -0.453. The van der Waals surface area contributed by atoms with Gasteiger partial charge in [0.25, 0.3) is 5.56 Å². The predicted molar refractivity (Wildman–Crippen MR) is 86.1 cm³/mol. The highest BCUT2D eigenvalue weighted by Gasteiger charge is 2.06. The summed E-state index contributed by atoms with van der Waals surface area (Å²) in [6.07, 6.45) is 1.50. The summed E-state index contributed by atoms with van der Waals surface area (Å²) >= 11 is 4.21. The molecule has 10 heteroatoms. The first-order valence-electron chi connectivity index (χ1n) is 5.94. The maximum absolute atomic E-state index is 11.6. The third-order valence-electron chi connectivity index (χ3n) is 2.29. The van der Waals surface area contributed by atoms with E-state index in [2.05, 4.69) is 36.7 Å². The third kappa shape index (κ3) is 4.97. The Morgan fingerprint density at radius 2 is 2.09 bits per heavy atom. The fraction of sp³-hybridized carbons (Fsp3) is 0.0833. The summed E-state index contributed by atoms with van der Waals surface area (Å²) in [6, 6.07) is 7.37. The number of nitrogens with zero attached hydrogens (tertiary/aromatic N) is 2. The number of hydrazone groups is 1. The minimum Gasteiger partial charge on any atom is -0.272 e. The van der Waals surface area contributed by atoms with E-state index in [-0.39, 0.29) is 10.8 Å². The molecule has 0 fully saturated rings. The van der Waals surface area contributed by atoms with Crippen molar-refractivity contribution in [1.82, 2.24) is 20.6 Å². The van der Waals surface area contributed by atoms with Crippen LogP contribution >= 0.6 is 27.7 Å². The molecule has 1 heterocycles. The SMILES string of the molecule is O=C(CSc1n[nH]c(=O)[nH]c1=O)N/N=C/c1ccc(Br)cc1. The number of rotatable bonds is 5. The minimum absolute atomic E-state index is 0.00615. The molecule has 2 rings (SSSR count). The average molecular weight is 384 g/mol. The maximum atomic E-state index is 11.6. The van der Waals surface area contributed by atoms with Crippen LogP contribution in [0.3, 0.4) is 0 Å². The van der Waals surface area contributed by atoms with Gasteiger partial charge < -0.3 is 0 Å². The van der Waals surface area contributed by atoms with Crippen molar-refractivity contribution in [2.24, 2.45) is 5.10 Å². The van der Waals surface area contributed by atoms with Gasteiger partial charge in [-0.2, -0.15) is 10.2 Å². The first-order valence-corrected chi connectivity index (χ1v) is 7.72. The van der Waals surface area contributed by atoms with Crippen LogP contribution in [0.4, 0.5) is 0 Å². The van der Waals surface area contributed by atoms with Crippen molar-refractivity contribution < 1.29 is 4.79 Å². The molecular formula is C12H10BrN5O3S. The van der Waals surface area contributed by atoms with E-state index >= 15 is 0 Å². The molecule has 2 aromatic rings. The Morgan fingerprint density at radius 3 is 2.77 bits per heavy atom. The molecule has 1 aromatic carbocycles. The molecule has 8 nitrogen and oxygen atoms in total. The van der Waals surface area contributed by atoms with E-state index in [1.165, 1.54) is 6.21 Å². The van der Waals surface area contributed by atoms with Gasteiger partial charge in [-0.1, -0.05) is 39.8 Å². The van der Waals surface area contributed by atoms with Crippen LogP contribution in [0.5, 0.6) is 0 Å². The quantitative estimate of drug-likeness (QED) is 0.393. The number of H-pyrrole nitrogens is 2. The van der Waals surface area contributed by atoms with Gasteiger partial charge in [-0.05, 0) is 17.7 Å². The third-order valence-corrected chi connectivity index (χ3v) is 3.78. The van der Waals surface area contributed by atoms with Crippen molar-refractivity contribution in [3.05, 3.63) is 55.1 Å². The van der Waals surface area contributed by atoms with Gasteiger partial charge in [0.15, 0.2) is 5.03 Å². The van der Waals surface area contributed by atoms with Gasteiger partial charge in [-0.15, -0.1) is 0 Å². The fourth-order valence-corrected chi connectivity index (χ4v) is 2.22. The van der Waals surface area contributed by atoms with E-state index in [4.69, 9.17) is 0 Å². The number of thioether (sulfide) groups is 1. The summed E-state index contributed by atoms with van der Waals surface area (Å²) in [4.78, 5) is 35.7. The topological polar surface area (TPSA) is 120 Å². The summed E-state index contributed by atoms with van der Waals surface area (Å²) < 4.78 is 0.948. The van der Waals surface area contributed by atoms with Gasteiger partial charge in [0.2, 0.25) is 5.91 Å². The van der Waals surface area contributed by atoms with Crippen LogP contribution in [0.15, 0.2) is 48.5 Å². The molecule has 114 valence electrons. The van der Waals surface area contributed by atoms with E-state index in [1.54, 1.807) is 0 Å². The number of hydrogen-bond donors (Lipinski definition) is 3. The molecule has 0 aliphatic heterocycles. The molecule has 1 aromatic heterocycles.